The Hall–Kier alpha value is -0.530. The Balaban J connectivity index is 1.88. The van der Waals surface area contributed by atoms with E-state index in [4.69, 9.17) is 25.8 Å². The summed E-state index contributed by atoms with van der Waals surface area (Å²) in [5.74, 6) is 0.358. The monoisotopic (exact) mass is 520 g/mol. The number of carbonyl (C=O) groups is 1. The molecule has 1 aromatic rings. The molecule has 1 aliphatic carbocycles. The van der Waals surface area contributed by atoms with Crippen LogP contribution in [0.5, 0.6) is 5.75 Å². The SMILES string of the molecule is CCC1(CC)Oc2ccc(Cl)cc2[C@@H](C(=O)O[C@@H]2C[C@H](I)CC[C@H]2C(C)C)O1. The molecule has 0 unspecified atom stereocenters. The summed E-state index contributed by atoms with van der Waals surface area (Å²) in [5.41, 5.74) is 0.651. The second kappa shape index (κ2) is 9.09. The molecule has 0 spiro atoms. The maximum absolute atomic E-state index is 13.3. The van der Waals surface area contributed by atoms with E-state index in [1.54, 1.807) is 12.1 Å². The molecular formula is C22H30ClIO4. The zero-order valence-electron chi connectivity index (χ0n) is 17.0. The molecule has 1 saturated carbocycles. The molecule has 0 amide bonds. The minimum Gasteiger partial charge on any atom is -0.462 e. The molecule has 28 heavy (non-hydrogen) atoms. The maximum Gasteiger partial charge on any atom is 0.340 e. The van der Waals surface area contributed by atoms with Gasteiger partial charge in [0.15, 0.2) is 6.10 Å². The van der Waals surface area contributed by atoms with Gasteiger partial charge in [-0.25, -0.2) is 4.79 Å². The topological polar surface area (TPSA) is 44.8 Å². The minimum absolute atomic E-state index is 0.0742. The first-order chi connectivity index (χ1) is 13.3. The van der Waals surface area contributed by atoms with Crippen LogP contribution in [0.3, 0.4) is 0 Å². The number of hydrogen-bond donors (Lipinski definition) is 0. The third kappa shape index (κ3) is 4.62. The summed E-state index contributed by atoms with van der Waals surface area (Å²) in [7, 11) is 0. The fourth-order valence-corrected chi connectivity index (χ4v) is 5.31. The fourth-order valence-electron chi connectivity index (χ4n) is 4.27. The molecule has 0 N–H and O–H groups in total. The normalized spacial score (nSPS) is 29.1. The van der Waals surface area contributed by atoms with Gasteiger partial charge in [0.2, 0.25) is 5.79 Å². The van der Waals surface area contributed by atoms with Crippen molar-refractivity contribution in [2.75, 3.05) is 0 Å². The average molecular weight is 521 g/mol. The number of ether oxygens (including phenoxy) is 3. The van der Waals surface area contributed by atoms with Crippen molar-refractivity contribution in [3.05, 3.63) is 28.8 Å². The fraction of sp³-hybridized carbons (Fsp3) is 0.682. The second-order valence-electron chi connectivity index (χ2n) is 8.19. The van der Waals surface area contributed by atoms with Gasteiger partial charge in [0.05, 0.1) is 0 Å². The molecule has 4 nitrogen and oxygen atoms in total. The highest BCUT2D eigenvalue weighted by atomic mass is 127. The van der Waals surface area contributed by atoms with Gasteiger partial charge in [0.1, 0.15) is 11.9 Å². The van der Waals surface area contributed by atoms with Crippen LogP contribution in [0, 0.1) is 11.8 Å². The summed E-state index contributed by atoms with van der Waals surface area (Å²) in [6, 6.07) is 5.35. The predicted molar refractivity (Wildman–Crippen MR) is 119 cm³/mol. The zero-order chi connectivity index (χ0) is 20.5. The molecule has 1 fully saturated rings. The van der Waals surface area contributed by atoms with Gasteiger partial charge in [-0.15, -0.1) is 0 Å². The molecule has 0 aromatic heterocycles. The number of fused-ring (bicyclic) bond motifs is 1. The lowest BCUT2D eigenvalue weighted by molar-refractivity contribution is -0.242. The van der Waals surface area contributed by atoms with Crippen molar-refractivity contribution < 1.29 is 19.0 Å². The number of hydrogen-bond acceptors (Lipinski definition) is 4. The van der Waals surface area contributed by atoms with Gasteiger partial charge < -0.3 is 14.2 Å². The van der Waals surface area contributed by atoms with E-state index >= 15 is 0 Å². The molecule has 3 rings (SSSR count). The van der Waals surface area contributed by atoms with Crippen molar-refractivity contribution in [1.29, 1.82) is 0 Å². The van der Waals surface area contributed by atoms with E-state index in [0.717, 1.165) is 12.8 Å². The first kappa shape index (κ1) is 22.2. The quantitative estimate of drug-likeness (QED) is 0.253. The van der Waals surface area contributed by atoms with Gasteiger partial charge in [-0.1, -0.05) is 61.9 Å². The van der Waals surface area contributed by atoms with E-state index in [9.17, 15) is 4.79 Å². The molecule has 1 heterocycles. The summed E-state index contributed by atoms with van der Waals surface area (Å²) in [5, 5.41) is 0.550. The Bertz CT molecular complexity index is 704. The van der Waals surface area contributed by atoms with Crippen LogP contribution in [-0.4, -0.2) is 21.8 Å². The average Bonchev–Trinajstić information content (AvgIpc) is 2.67. The number of carbonyl (C=O) groups excluding carboxylic acids is 1. The molecule has 156 valence electrons. The molecular weight excluding hydrogens is 491 g/mol. The van der Waals surface area contributed by atoms with Gasteiger partial charge in [-0.2, -0.15) is 0 Å². The number of benzene rings is 1. The van der Waals surface area contributed by atoms with E-state index in [1.165, 1.54) is 6.42 Å². The summed E-state index contributed by atoms with van der Waals surface area (Å²) < 4.78 is 19.0. The minimum atomic E-state index is -0.819. The number of alkyl halides is 1. The second-order valence-corrected chi connectivity index (χ2v) is 10.4. The third-order valence-corrected chi connectivity index (χ3v) is 7.44. The first-order valence-electron chi connectivity index (χ1n) is 10.3. The van der Waals surface area contributed by atoms with Crippen molar-refractivity contribution in [2.24, 2.45) is 11.8 Å². The largest absolute Gasteiger partial charge is 0.462 e. The highest BCUT2D eigenvalue weighted by Crippen LogP contribution is 2.44. The van der Waals surface area contributed by atoms with Gasteiger partial charge in [-0.05, 0) is 49.3 Å². The molecule has 4 atom stereocenters. The van der Waals surface area contributed by atoms with Gasteiger partial charge in [0, 0.05) is 27.4 Å². The van der Waals surface area contributed by atoms with Crippen molar-refractivity contribution in [3.8, 4) is 5.75 Å². The highest BCUT2D eigenvalue weighted by molar-refractivity contribution is 14.1. The van der Waals surface area contributed by atoms with Crippen LogP contribution >= 0.6 is 34.2 Å². The van der Waals surface area contributed by atoms with Gasteiger partial charge in [-0.3, -0.25) is 0 Å². The molecule has 1 aliphatic heterocycles. The van der Waals surface area contributed by atoms with Crippen LogP contribution in [0.4, 0.5) is 0 Å². The van der Waals surface area contributed by atoms with Gasteiger partial charge >= 0.3 is 5.97 Å². The Morgan fingerprint density at radius 1 is 1.32 bits per heavy atom. The number of rotatable bonds is 5. The van der Waals surface area contributed by atoms with Crippen LogP contribution in [0.2, 0.25) is 5.02 Å². The lowest BCUT2D eigenvalue weighted by Gasteiger charge is -2.42. The summed E-state index contributed by atoms with van der Waals surface area (Å²) in [4.78, 5) is 13.3. The highest BCUT2D eigenvalue weighted by Gasteiger charge is 2.45. The van der Waals surface area contributed by atoms with Crippen molar-refractivity contribution in [2.45, 2.75) is 81.7 Å². The molecule has 0 radical (unpaired) electrons. The van der Waals surface area contributed by atoms with Crippen molar-refractivity contribution in [3.63, 3.8) is 0 Å². The summed E-state index contributed by atoms with van der Waals surface area (Å²) in [6.07, 6.45) is 3.56. The van der Waals surface area contributed by atoms with Gasteiger partial charge in [0.25, 0.3) is 0 Å². The molecule has 1 aromatic carbocycles. The Kier molecular flexibility index (Phi) is 7.19. The smallest absolute Gasteiger partial charge is 0.340 e. The Morgan fingerprint density at radius 3 is 2.68 bits per heavy atom. The van der Waals surface area contributed by atoms with E-state index < -0.39 is 11.9 Å². The lowest BCUT2D eigenvalue weighted by Crippen LogP contribution is -2.46. The third-order valence-electron chi connectivity index (χ3n) is 6.08. The number of halogens is 2. The molecule has 0 saturated heterocycles. The van der Waals surface area contributed by atoms with E-state index in [1.807, 2.05) is 19.9 Å². The maximum atomic E-state index is 13.3. The summed E-state index contributed by atoms with van der Waals surface area (Å²) >= 11 is 8.67. The molecule has 2 aliphatic rings. The molecule has 0 bridgehead atoms. The standard InChI is InChI=1S/C22H30ClIO4/c1-5-22(6-2)27-18-10-7-14(23)11-17(18)20(28-22)21(25)26-19-12-15(24)8-9-16(19)13(3)4/h7,10-11,13,15-16,19-20H,5-6,8-9,12H2,1-4H3/t15-,16+,19-,20+/m1/s1. The first-order valence-corrected chi connectivity index (χ1v) is 11.9. The van der Waals surface area contributed by atoms with E-state index in [0.29, 0.717) is 44.9 Å². The van der Waals surface area contributed by atoms with Crippen LogP contribution in [0.1, 0.15) is 71.5 Å². The predicted octanol–water partition coefficient (Wildman–Crippen LogP) is 6.48. The Morgan fingerprint density at radius 2 is 2.04 bits per heavy atom. The Labute approximate surface area is 186 Å². The van der Waals surface area contributed by atoms with Crippen LogP contribution in [-0.2, 0) is 14.3 Å². The lowest BCUT2D eigenvalue weighted by atomic mass is 9.79. The van der Waals surface area contributed by atoms with Crippen LogP contribution in [0.15, 0.2) is 18.2 Å². The van der Waals surface area contributed by atoms with E-state index in [2.05, 4.69) is 36.4 Å². The van der Waals surface area contributed by atoms with E-state index in [-0.39, 0.29) is 12.1 Å². The molecule has 6 heteroatoms. The van der Waals surface area contributed by atoms with Crippen molar-refractivity contribution >= 4 is 40.2 Å². The van der Waals surface area contributed by atoms with Crippen LogP contribution in [0.25, 0.3) is 0 Å². The number of esters is 1. The summed E-state index contributed by atoms with van der Waals surface area (Å²) in [6.45, 7) is 8.42. The van der Waals surface area contributed by atoms with Crippen molar-refractivity contribution in [1.82, 2.24) is 0 Å². The van der Waals surface area contributed by atoms with Crippen LogP contribution < -0.4 is 4.74 Å². The zero-order valence-corrected chi connectivity index (χ0v) is 20.0.